The molecule has 110 valence electrons. The summed E-state index contributed by atoms with van der Waals surface area (Å²) in [6, 6.07) is 4.73. The second kappa shape index (κ2) is 7.29. The Kier molecular flexibility index (Phi) is 6.02. The molecule has 1 aromatic carbocycles. The fourth-order valence-corrected chi connectivity index (χ4v) is 2.52. The van der Waals surface area contributed by atoms with Crippen molar-refractivity contribution in [1.82, 2.24) is 9.62 Å². The van der Waals surface area contributed by atoms with Crippen molar-refractivity contribution >= 4 is 10.0 Å². The number of aryl methyl sites for hydroxylation is 1. The van der Waals surface area contributed by atoms with Crippen molar-refractivity contribution in [3.8, 4) is 17.6 Å². The molecule has 0 aliphatic rings. The number of methoxy groups -OCH3 is 1. The molecule has 0 heterocycles. The molecule has 0 saturated heterocycles. The zero-order valence-corrected chi connectivity index (χ0v) is 13.0. The maximum Gasteiger partial charge on any atom is 0.241 e. The van der Waals surface area contributed by atoms with Gasteiger partial charge >= 0.3 is 0 Å². The number of hydrogen-bond acceptors (Lipinski definition) is 4. The third-order valence-electron chi connectivity index (χ3n) is 2.55. The van der Waals surface area contributed by atoms with E-state index in [0.29, 0.717) is 12.3 Å². The van der Waals surface area contributed by atoms with Crippen molar-refractivity contribution in [2.24, 2.45) is 0 Å². The van der Waals surface area contributed by atoms with Gasteiger partial charge in [0.2, 0.25) is 10.0 Å². The summed E-state index contributed by atoms with van der Waals surface area (Å²) in [6.45, 7) is 2.50. The minimum absolute atomic E-state index is 0.0985. The van der Waals surface area contributed by atoms with Crippen LogP contribution in [-0.2, 0) is 10.0 Å². The van der Waals surface area contributed by atoms with Gasteiger partial charge in [-0.3, -0.25) is 4.90 Å². The maximum absolute atomic E-state index is 12.1. The smallest absolute Gasteiger partial charge is 0.241 e. The second-order valence-corrected chi connectivity index (χ2v) is 6.31. The summed E-state index contributed by atoms with van der Waals surface area (Å²) in [5.41, 5.74) is 0.772. The number of nitrogens with zero attached hydrogens (tertiary/aromatic N) is 1. The summed E-state index contributed by atoms with van der Waals surface area (Å²) in [4.78, 5) is 2.12. The summed E-state index contributed by atoms with van der Waals surface area (Å²) in [6.07, 6.45) is 0. The molecule has 20 heavy (non-hydrogen) atoms. The highest BCUT2D eigenvalue weighted by molar-refractivity contribution is 7.89. The van der Waals surface area contributed by atoms with Gasteiger partial charge in [-0.1, -0.05) is 11.8 Å². The highest BCUT2D eigenvalue weighted by Crippen LogP contribution is 2.20. The first kappa shape index (κ1) is 16.5. The highest BCUT2D eigenvalue weighted by Gasteiger charge is 2.14. The maximum atomic E-state index is 12.1. The average molecular weight is 296 g/mol. The standard InChI is InChI=1S/C14H20N2O3S/c1-12-11-13(7-8-14(12)19-4)20(17,18)15-9-5-6-10-16(2)3/h7-8,11,15H,9-10H2,1-4H3. The zero-order chi connectivity index (χ0) is 15.2. The highest BCUT2D eigenvalue weighted by atomic mass is 32.2. The Morgan fingerprint density at radius 1 is 1.30 bits per heavy atom. The number of ether oxygens (including phenoxy) is 1. The van der Waals surface area contributed by atoms with E-state index in [0.717, 1.165) is 5.56 Å². The fraction of sp³-hybridized carbons (Fsp3) is 0.429. The molecular weight excluding hydrogens is 276 g/mol. The van der Waals surface area contributed by atoms with E-state index in [1.165, 1.54) is 6.07 Å². The van der Waals surface area contributed by atoms with Crippen molar-refractivity contribution in [2.45, 2.75) is 11.8 Å². The number of rotatable bonds is 5. The molecule has 1 N–H and O–H groups in total. The molecule has 0 aliphatic carbocycles. The molecule has 1 rings (SSSR count). The number of sulfonamides is 1. The summed E-state index contributed by atoms with van der Waals surface area (Å²) in [5, 5.41) is 0. The Morgan fingerprint density at radius 2 is 2.00 bits per heavy atom. The summed E-state index contributed by atoms with van der Waals surface area (Å²) in [7, 11) is 1.82. The third kappa shape index (κ3) is 4.85. The summed E-state index contributed by atoms with van der Waals surface area (Å²) >= 11 is 0. The molecule has 5 nitrogen and oxygen atoms in total. The second-order valence-electron chi connectivity index (χ2n) is 4.55. The fourth-order valence-electron chi connectivity index (χ4n) is 1.51. The molecule has 0 fully saturated rings. The van der Waals surface area contributed by atoms with Gasteiger partial charge in [-0.05, 0) is 44.8 Å². The minimum Gasteiger partial charge on any atom is -0.496 e. The van der Waals surface area contributed by atoms with Gasteiger partial charge in [-0.2, -0.15) is 4.72 Å². The van der Waals surface area contributed by atoms with Crippen LogP contribution < -0.4 is 9.46 Å². The van der Waals surface area contributed by atoms with Crippen LogP contribution in [0.3, 0.4) is 0 Å². The van der Waals surface area contributed by atoms with Gasteiger partial charge in [-0.25, -0.2) is 8.42 Å². The number of hydrogen-bond donors (Lipinski definition) is 1. The van der Waals surface area contributed by atoms with E-state index in [4.69, 9.17) is 4.74 Å². The van der Waals surface area contributed by atoms with Crippen LogP contribution in [0.25, 0.3) is 0 Å². The van der Waals surface area contributed by atoms with Crippen molar-refractivity contribution in [1.29, 1.82) is 0 Å². The Labute approximate surface area is 121 Å². The van der Waals surface area contributed by atoms with Crippen molar-refractivity contribution in [2.75, 3.05) is 34.3 Å². The molecule has 0 unspecified atom stereocenters. The first-order chi connectivity index (χ1) is 9.36. The van der Waals surface area contributed by atoms with Crippen LogP contribution in [0.5, 0.6) is 5.75 Å². The lowest BCUT2D eigenvalue weighted by molar-refractivity contribution is 0.411. The zero-order valence-electron chi connectivity index (χ0n) is 12.2. The van der Waals surface area contributed by atoms with Gasteiger partial charge in [0.15, 0.2) is 0 Å². The first-order valence-corrected chi connectivity index (χ1v) is 7.60. The first-order valence-electron chi connectivity index (χ1n) is 6.11. The number of benzene rings is 1. The SMILES string of the molecule is COc1ccc(S(=O)(=O)NCC#CCN(C)C)cc1C. The van der Waals surface area contributed by atoms with E-state index in [1.807, 2.05) is 19.0 Å². The topological polar surface area (TPSA) is 58.6 Å². The largest absolute Gasteiger partial charge is 0.496 e. The lowest BCUT2D eigenvalue weighted by atomic mass is 10.2. The van der Waals surface area contributed by atoms with Crippen molar-refractivity contribution < 1.29 is 13.2 Å². The van der Waals surface area contributed by atoms with Crippen molar-refractivity contribution in [3.05, 3.63) is 23.8 Å². The molecule has 6 heteroatoms. The molecule has 0 radical (unpaired) electrons. The van der Waals surface area contributed by atoms with Crippen molar-refractivity contribution in [3.63, 3.8) is 0 Å². The monoisotopic (exact) mass is 296 g/mol. The lowest BCUT2D eigenvalue weighted by Gasteiger charge is -2.08. The molecule has 0 spiro atoms. The van der Waals surface area contributed by atoms with Gasteiger partial charge in [0.25, 0.3) is 0 Å². The van der Waals surface area contributed by atoms with E-state index in [-0.39, 0.29) is 11.4 Å². The third-order valence-corrected chi connectivity index (χ3v) is 3.95. The van der Waals surface area contributed by atoms with Gasteiger partial charge in [0.05, 0.1) is 25.1 Å². The van der Waals surface area contributed by atoms with E-state index in [2.05, 4.69) is 16.6 Å². The summed E-state index contributed by atoms with van der Waals surface area (Å²) in [5.74, 6) is 6.30. The Hall–Kier alpha value is -1.55. The molecule has 1 aromatic rings. The molecule has 0 aromatic heterocycles. The Balaban J connectivity index is 2.73. The van der Waals surface area contributed by atoms with Gasteiger partial charge in [0, 0.05) is 0 Å². The summed E-state index contributed by atoms with van der Waals surface area (Å²) < 4.78 is 31.7. The molecule has 0 atom stereocenters. The quantitative estimate of drug-likeness (QED) is 0.818. The van der Waals surface area contributed by atoms with Crippen LogP contribution in [0.15, 0.2) is 23.1 Å². The van der Waals surface area contributed by atoms with Crippen LogP contribution in [0.2, 0.25) is 0 Å². The predicted octanol–water partition coefficient (Wildman–Crippen LogP) is 0.847. The minimum atomic E-state index is -3.53. The van der Waals surface area contributed by atoms with Crippen LogP contribution in [0.1, 0.15) is 5.56 Å². The molecule has 0 bridgehead atoms. The molecular formula is C14H20N2O3S. The lowest BCUT2D eigenvalue weighted by Crippen LogP contribution is -2.24. The molecule has 0 aliphatic heterocycles. The average Bonchev–Trinajstić information content (AvgIpc) is 2.37. The van der Waals surface area contributed by atoms with E-state index < -0.39 is 10.0 Å². The predicted molar refractivity (Wildman–Crippen MR) is 79.2 cm³/mol. The van der Waals surface area contributed by atoms with E-state index in [1.54, 1.807) is 26.2 Å². The van der Waals surface area contributed by atoms with Crippen LogP contribution in [0, 0.1) is 18.8 Å². The Bertz CT molecular complexity index is 613. The van der Waals surface area contributed by atoms with E-state index >= 15 is 0 Å². The van der Waals surface area contributed by atoms with Crippen LogP contribution in [0.4, 0.5) is 0 Å². The van der Waals surface area contributed by atoms with Crippen LogP contribution in [-0.4, -0.2) is 47.6 Å². The molecule has 0 amide bonds. The van der Waals surface area contributed by atoms with Gasteiger partial charge in [0.1, 0.15) is 5.75 Å². The molecule has 0 saturated carbocycles. The number of nitrogens with one attached hydrogen (secondary N) is 1. The normalized spacial score (nSPS) is 11.1. The van der Waals surface area contributed by atoms with E-state index in [9.17, 15) is 8.42 Å². The van der Waals surface area contributed by atoms with Gasteiger partial charge < -0.3 is 4.74 Å². The Morgan fingerprint density at radius 3 is 2.55 bits per heavy atom. The van der Waals surface area contributed by atoms with Crippen LogP contribution >= 0.6 is 0 Å². The van der Waals surface area contributed by atoms with Gasteiger partial charge in [-0.15, -0.1) is 0 Å².